The topological polar surface area (TPSA) is 61.4 Å². The lowest BCUT2D eigenvalue weighted by atomic mass is 10.1. The van der Waals surface area contributed by atoms with Crippen LogP contribution < -0.4 is 10.6 Å². The molecule has 5 heteroatoms. The van der Waals surface area contributed by atoms with Crippen LogP contribution in [-0.4, -0.2) is 43.5 Å². The van der Waals surface area contributed by atoms with Gasteiger partial charge in [0, 0.05) is 39.0 Å². The molecule has 1 aliphatic rings. The second kappa shape index (κ2) is 5.58. The normalized spacial score (nSPS) is 20.5. The van der Waals surface area contributed by atoms with Crippen LogP contribution in [0, 0.1) is 5.92 Å². The first-order valence-corrected chi connectivity index (χ1v) is 5.39. The molecule has 1 fully saturated rings. The van der Waals surface area contributed by atoms with Crippen molar-refractivity contribution in [1.82, 2.24) is 15.5 Å². The third-order valence-electron chi connectivity index (χ3n) is 2.51. The summed E-state index contributed by atoms with van der Waals surface area (Å²) >= 11 is 0. The molecule has 0 aromatic carbocycles. The van der Waals surface area contributed by atoms with Crippen molar-refractivity contribution in [2.45, 2.75) is 19.8 Å². The fourth-order valence-corrected chi connectivity index (χ4v) is 1.63. The molecule has 0 aliphatic carbocycles. The zero-order valence-corrected chi connectivity index (χ0v) is 9.38. The summed E-state index contributed by atoms with van der Waals surface area (Å²) in [5.41, 5.74) is 0. The fraction of sp³-hybridized carbons (Fsp3) is 0.800. The zero-order chi connectivity index (χ0) is 11.3. The third kappa shape index (κ3) is 3.77. The van der Waals surface area contributed by atoms with Gasteiger partial charge in [-0.15, -0.1) is 0 Å². The quantitative estimate of drug-likeness (QED) is 0.699. The predicted molar refractivity (Wildman–Crippen MR) is 57.4 cm³/mol. The molecular weight excluding hydrogens is 194 g/mol. The van der Waals surface area contributed by atoms with E-state index in [-0.39, 0.29) is 17.9 Å². The third-order valence-corrected chi connectivity index (χ3v) is 2.51. The Balaban J connectivity index is 2.15. The zero-order valence-electron chi connectivity index (χ0n) is 9.38. The molecule has 86 valence electrons. The first-order valence-electron chi connectivity index (χ1n) is 5.39. The Morgan fingerprint density at radius 1 is 1.53 bits per heavy atom. The van der Waals surface area contributed by atoms with Crippen LogP contribution in [0.2, 0.25) is 0 Å². The second-order valence-corrected chi connectivity index (χ2v) is 3.98. The lowest BCUT2D eigenvalue weighted by molar-refractivity contribution is -0.126. The molecule has 0 aromatic heterocycles. The van der Waals surface area contributed by atoms with Crippen molar-refractivity contribution < 1.29 is 9.59 Å². The second-order valence-electron chi connectivity index (χ2n) is 3.98. The van der Waals surface area contributed by atoms with Crippen LogP contribution in [0.5, 0.6) is 0 Å². The number of nitrogens with zero attached hydrogens (tertiary/aromatic N) is 1. The maximum absolute atomic E-state index is 11.2. The molecule has 1 atom stereocenters. The van der Waals surface area contributed by atoms with Crippen molar-refractivity contribution in [3.05, 3.63) is 0 Å². The van der Waals surface area contributed by atoms with Crippen LogP contribution in [0.1, 0.15) is 19.8 Å². The van der Waals surface area contributed by atoms with E-state index in [1.165, 1.54) is 0 Å². The van der Waals surface area contributed by atoms with Gasteiger partial charge in [-0.3, -0.25) is 4.79 Å². The highest BCUT2D eigenvalue weighted by atomic mass is 16.2. The van der Waals surface area contributed by atoms with E-state index < -0.39 is 0 Å². The van der Waals surface area contributed by atoms with Crippen LogP contribution in [0.3, 0.4) is 0 Å². The molecule has 0 bridgehead atoms. The van der Waals surface area contributed by atoms with Gasteiger partial charge in [0.05, 0.1) is 0 Å². The van der Waals surface area contributed by atoms with E-state index in [9.17, 15) is 9.59 Å². The van der Waals surface area contributed by atoms with Crippen LogP contribution in [0.4, 0.5) is 4.79 Å². The van der Waals surface area contributed by atoms with Gasteiger partial charge in [-0.2, -0.15) is 0 Å². The number of hydrogen-bond donors (Lipinski definition) is 2. The molecule has 1 unspecified atom stereocenters. The Morgan fingerprint density at radius 2 is 2.27 bits per heavy atom. The SMILES string of the molecule is CCCNC(=O)NCC1CC(=O)N(C)C1. The van der Waals surface area contributed by atoms with E-state index in [0.29, 0.717) is 19.5 Å². The highest BCUT2D eigenvalue weighted by Gasteiger charge is 2.26. The van der Waals surface area contributed by atoms with E-state index in [1.54, 1.807) is 11.9 Å². The van der Waals surface area contributed by atoms with Crippen molar-refractivity contribution in [1.29, 1.82) is 0 Å². The van der Waals surface area contributed by atoms with Gasteiger partial charge in [0.25, 0.3) is 0 Å². The van der Waals surface area contributed by atoms with E-state index >= 15 is 0 Å². The first-order chi connectivity index (χ1) is 7.13. The standard InChI is InChI=1S/C10H19N3O2/c1-3-4-11-10(15)12-6-8-5-9(14)13(2)7-8/h8H,3-7H2,1-2H3,(H2,11,12,15). The average molecular weight is 213 g/mol. The molecule has 1 heterocycles. The molecule has 0 saturated carbocycles. The lowest BCUT2D eigenvalue weighted by Gasteiger charge is -2.11. The van der Waals surface area contributed by atoms with E-state index in [0.717, 1.165) is 13.0 Å². The van der Waals surface area contributed by atoms with E-state index in [1.807, 2.05) is 6.92 Å². The summed E-state index contributed by atoms with van der Waals surface area (Å²) in [4.78, 5) is 24.1. The maximum Gasteiger partial charge on any atom is 0.314 e. The molecular formula is C10H19N3O2. The number of nitrogens with one attached hydrogen (secondary N) is 2. The highest BCUT2D eigenvalue weighted by Crippen LogP contribution is 2.14. The predicted octanol–water partition coefficient (Wildman–Crippen LogP) is 0.174. The number of rotatable bonds is 4. The van der Waals surface area contributed by atoms with E-state index in [4.69, 9.17) is 0 Å². The summed E-state index contributed by atoms with van der Waals surface area (Å²) in [6.45, 7) is 4.01. The number of amides is 3. The van der Waals surface area contributed by atoms with Gasteiger partial charge < -0.3 is 15.5 Å². The summed E-state index contributed by atoms with van der Waals surface area (Å²) in [6.07, 6.45) is 1.47. The monoisotopic (exact) mass is 213 g/mol. The Bertz CT molecular complexity index is 243. The van der Waals surface area contributed by atoms with E-state index in [2.05, 4.69) is 10.6 Å². The van der Waals surface area contributed by atoms with Crippen LogP contribution in [0.25, 0.3) is 0 Å². The van der Waals surface area contributed by atoms with Crippen LogP contribution in [0.15, 0.2) is 0 Å². The molecule has 1 rings (SSSR count). The maximum atomic E-state index is 11.2. The summed E-state index contributed by atoms with van der Waals surface area (Å²) in [6, 6.07) is -0.140. The first kappa shape index (κ1) is 11.8. The smallest absolute Gasteiger partial charge is 0.314 e. The van der Waals surface area contributed by atoms with Gasteiger partial charge in [0.15, 0.2) is 0 Å². The molecule has 1 aliphatic heterocycles. The summed E-state index contributed by atoms with van der Waals surface area (Å²) in [7, 11) is 1.79. The number of carbonyl (C=O) groups excluding carboxylic acids is 2. The van der Waals surface area contributed by atoms with Crippen molar-refractivity contribution >= 4 is 11.9 Å². The minimum absolute atomic E-state index is 0.140. The van der Waals surface area contributed by atoms with Crippen molar-refractivity contribution in [3.63, 3.8) is 0 Å². The molecule has 2 N–H and O–H groups in total. The number of likely N-dealkylation sites (tertiary alicyclic amines) is 1. The Hall–Kier alpha value is -1.26. The van der Waals surface area contributed by atoms with Crippen LogP contribution >= 0.6 is 0 Å². The summed E-state index contributed by atoms with van der Waals surface area (Å²) in [5.74, 6) is 0.422. The fourth-order valence-electron chi connectivity index (χ4n) is 1.63. The minimum atomic E-state index is -0.140. The van der Waals surface area contributed by atoms with Gasteiger partial charge in [-0.05, 0) is 6.42 Å². The molecule has 15 heavy (non-hydrogen) atoms. The Kier molecular flexibility index (Phi) is 4.39. The lowest BCUT2D eigenvalue weighted by Crippen LogP contribution is -2.38. The summed E-state index contributed by atoms with van der Waals surface area (Å²) < 4.78 is 0. The molecule has 0 aromatic rings. The average Bonchev–Trinajstić information content (AvgIpc) is 2.52. The number of hydrogen-bond acceptors (Lipinski definition) is 2. The molecule has 3 amide bonds. The number of urea groups is 1. The highest BCUT2D eigenvalue weighted by molar-refractivity contribution is 5.78. The summed E-state index contributed by atoms with van der Waals surface area (Å²) in [5, 5.41) is 5.50. The van der Waals surface area contributed by atoms with Gasteiger partial charge in [-0.1, -0.05) is 6.92 Å². The Labute approximate surface area is 90.2 Å². The molecule has 0 spiro atoms. The van der Waals surface area contributed by atoms with Crippen molar-refractivity contribution in [2.24, 2.45) is 5.92 Å². The van der Waals surface area contributed by atoms with Gasteiger partial charge in [0.2, 0.25) is 5.91 Å². The molecule has 1 saturated heterocycles. The van der Waals surface area contributed by atoms with Gasteiger partial charge >= 0.3 is 6.03 Å². The molecule has 0 radical (unpaired) electrons. The van der Waals surface area contributed by atoms with Gasteiger partial charge in [-0.25, -0.2) is 4.79 Å². The Morgan fingerprint density at radius 3 is 2.80 bits per heavy atom. The van der Waals surface area contributed by atoms with Crippen molar-refractivity contribution in [3.8, 4) is 0 Å². The van der Waals surface area contributed by atoms with Crippen LogP contribution in [-0.2, 0) is 4.79 Å². The van der Waals surface area contributed by atoms with Gasteiger partial charge in [0.1, 0.15) is 0 Å². The van der Waals surface area contributed by atoms with Crippen molar-refractivity contribution in [2.75, 3.05) is 26.7 Å². The largest absolute Gasteiger partial charge is 0.345 e. The number of carbonyl (C=O) groups is 2. The molecule has 5 nitrogen and oxygen atoms in total. The minimum Gasteiger partial charge on any atom is -0.345 e.